The van der Waals surface area contributed by atoms with Crippen molar-refractivity contribution in [2.45, 2.75) is 34.1 Å². The molecule has 0 heterocycles. The summed E-state index contributed by atoms with van der Waals surface area (Å²) in [6, 6.07) is 5.57. The van der Waals surface area contributed by atoms with Gasteiger partial charge in [-0.05, 0) is 0 Å². The van der Waals surface area contributed by atoms with Crippen LogP contribution < -0.4 is 0 Å². The zero-order valence-corrected chi connectivity index (χ0v) is 14.4. The molecule has 0 aliphatic rings. The standard InChI is InChI=1S/C7H5NO4.3C2H5.Sn/c9-7(10)5-1-3-6(4-2-5)8(11)12;3*1-2;/h1-4H,(H,9,10);3*1H2,2H3;/q;;;;+1/p-1. The van der Waals surface area contributed by atoms with Crippen LogP contribution in [0.3, 0.4) is 0 Å². The summed E-state index contributed by atoms with van der Waals surface area (Å²) >= 11 is -2.77. The Bertz CT molecular complexity index is 446. The Morgan fingerprint density at radius 2 is 1.63 bits per heavy atom. The maximum atomic E-state index is 12.1. The van der Waals surface area contributed by atoms with Crippen molar-refractivity contribution < 1.29 is 12.8 Å². The van der Waals surface area contributed by atoms with Crippen LogP contribution in [0.15, 0.2) is 24.3 Å². The molecule has 0 saturated carbocycles. The first-order valence-electron chi connectivity index (χ1n) is 6.45. The van der Waals surface area contributed by atoms with Crippen molar-refractivity contribution in [3.8, 4) is 0 Å². The van der Waals surface area contributed by atoms with E-state index in [1.807, 2.05) is 0 Å². The molecule has 0 amide bonds. The number of carbonyl (C=O) groups is 1. The third-order valence-electron chi connectivity index (χ3n) is 3.56. The number of benzene rings is 1. The van der Waals surface area contributed by atoms with E-state index < -0.39 is 23.7 Å². The zero-order valence-electron chi connectivity index (χ0n) is 11.5. The molecule has 6 heteroatoms. The van der Waals surface area contributed by atoms with Crippen molar-refractivity contribution in [2.24, 2.45) is 0 Å². The molecule has 0 spiro atoms. The first kappa shape index (κ1) is 15.9. The molecular weight excluding hydrogens is 353 g/mol. The van der Waals surface area contributed by atoms with E-state index in [2.05, 4.69) is 20.8 Å². The topological polar surface area (TPSA) is 69.4 Å². The number of non-ortho nitro benzene ring substituents is 1. The Morgan fingerprint density at radius 3 is 2.00 bits per heavy atom. The Hall–Kier alpha value is -1.11. The molecule has 0 atom stereocenters. The van der Waals surface area contributed by atoms with Crippen molar-refractivity contribution in [1.82, 2.24) is 0 Å². The van der Waals surface area contributed by atoms with Crippen molar-refractivity contribution in [2.75, 3.05) is 0 Å². The fourth-order valence-corrected chi connectivity index (χ4v) is 8.92. The SMILES string of the molecule is C[CH2][Sn]([CH2]C)([CH2]C)[O]C(=O)c1ccc([N+](=O)[O-])cc1. The second-order valence-electron chi connectivity index (χ2n) is 4.44. The van der Waals surface area contributed by atoms with Gasteiger partial charge < -0.3 is 0 Å². The first-order chi connectivity index (χ1) is 8.98. The third kappa shape index (κ3) is 3.92. The molecule has 0 aliphatic carbocycles. The molecule has 0 N–H and O–H groups in total. The second kappa shape index (κ2) is 6.88. The monoisotopic (exact) mass is 373 g/mol. The van der Waals surface area contributed by atoms with Gasteiger partial charge in [0.15, 0.2) is 0 Å². The first-order valence-corrected chi connectivity index (χ1v) is 13.7. The van der Waals surface area contributed by atoms with E-state index >= 15 is 0 Å². The summed E-state index contributed by atoms with van der Waals surface area (Å²) in [5.41, 5.74) is 0.370. The number of hydrogen-bond acceptors (Lipinski definition) is 4. The predicted molar refractivity (Wildman–Crippen MR) is 75.7 cm³/mol. The third-order valence-corrected chi connectivity index (χ3v) is 16.4. The fourth-order valence-electron chi connectivity index (χ4n) is 1.94. The van der Waals surface area contributed by atoms with E-state index in [1.54, 1.807) is 0 Å². The summed E-state index contributed by atoms with van der Waals surface area (Å²) in [4.78, 5) is 22.1. The molecule has 0 aromatic heterocycles. The van der Waals surface area contributed by atoms with E-state index in [0.29, 0.717) is 5.56 Å². The second-order valence-corrected chi connectivity index (χ2v) is 17.8. The molecule has 0 fully saturated rings. The quantitative estimate of drug-likeness (QED) is 0.433. The van der Waals surface area contributed by atoms with E-state index in [0.717, 1.165) is 13.3 Å². The van der Waals surface area contributed by atoms with Crippen molar-refractivity contribution in [3.63, 3.8) is 0 Å². The van der Waals surface area contributed by atoms with Gasteiger partial charge in [-0.1, -0.05) is 0 Å². The molecule has 104 valence electrons. The number of hydrogen-bond donors (Lipinski definition) is 0. The number of carbonyl (C=O) groups excluding carboxylic acids is 1. The van der Waals surface area contributed by atoms with Gasteiger partial charge in [0.1, 0.15) is 0 Å². The fraction of sp³-hybridized carbons (Fsp3) is 0.462. The van der Waals surface area contributed by atoms with Crippen LogP contribution in [0.1, 0.15) is 31.1 Å². The van der Waals surface area contributed by atoms with Crippen molar-refractivity contribution >= 4 is 30.4 Å². The zero-order chi connectivity index (χ0) is 14.5. The molecule has 0 saturated heterocycles. The predicted octanol–water partition coefficient (Wildman–Crippen LogP) is 3.76. The van der Waals surface area contributed by atoms with Gasteiger partial charge in [0, 0.05) is 0 Å². The molecule has 1 rings (SSSR count). The Labute approximate surface area is 117 Å². The molecule has 5 nitrogen and oxygen atoms in total. The van der Waals surface area contributed by atoms with Gasteiger partial charge in [-0.15, -0.1) is 0 Å². The van der Waals surface area contributed by atoms with E-state index in [9.17, 15) is 14.9 Å². The van der Waals surface area contributed by atoms with Crippen LogP contribution in [0, 0.1) is 10.1 Å². The molecular formula is C13H19NO4Sn. The van der Waals surface area contributed by atoms with Crippen LogP contribution in [0.2, 0.25) is 13.3 Å². The molecule has 0 aliphatic heterocycles. The van der Waals surface area contributed by atoms with Gasteiger partial charge in [0.2, 0.25) is 0 Å². The summed E-state index contributed by atoms with van der Waals surface area (Å²) in [5.74, 6) is -0.337. The van der Waals surface area contributed by atoms with Gasteiger partial charge in [-0.2, -0.15) is 0 Å². The van der Waals surface area contributed by atoms with Gasteiger partial charge in [-0.3, -0.25) is 0 Å². The van der Waals surface area contributed by atoms with Crippen molar-refractivity contribution in [1.29, 1.82) is 0 Å². The number of nitrogens with zero attached hydrogens (tertiary/aromatic N) is 1. The normalized spacial score (nSPS) is 11.1. The number of nitro groups is 1. The summed E-state index contributed by atoms with van der Waals surface area (Å²) in [5, 5.41) is 10.5. The van der Waals surface area contributed by atoms with Crippen LogP contribution >= 0.6 is 0 Å². The van der Waals surface area contributed by atoms with Crippen LogP contribution in [-0.2, 0) is 3.07 Å². The molecule has 0 radical (unpaired) electrons. The average Bonchev–Trinajstić information content (AvgIpc) is 2.45. The van der Waals surface area contributed by atoms with Crippen LogP contribution in [0.5, 0.6) is 0 Å². The molecule has 0 unspecified atom stereocenters. The van der Waals surface area contributed by atoms with Gasteiger partial charge >= 0.3 is 117 Å². The maximum absolute atomic E-state index is 12.1. The van der Waals surface area contributed by atoms with Crippen LogP contribution in [0.4, 0.5) is 5.69 Å². The van der Waals surface area contributed by atoms with E-state index in [4.69, 9.17) is 3.07 Å². The number of rotatable bonds is 6. The Kier molecular flexibility index (Phi) is 5.78. The summed E-state index contributed by atoms with van der Waals surface area (Å²) in [6.45, 7) is 6.23. The number of nitro benzene ring substituents is 1. The van der Waals surface area contributed by atoms with Crippen molar-refractivity contribution in [3.05, 3.63) is 39.9 Å². The van der Waals surface area contributed by atoms with E-state index in [1.165, 1.54) is 24.3 Å². The van der Waals surface area contributed by atoms with E-state index in [-0.39, 0.29) is 11.7 Å². The van der Waals surface area contributed by atoms with Crippen LogP contribution in [0.25, 0.3) is 0 Å². The minimum absolute atomic E-state index is 0.0206. The van der Waals surface area contributed by atoms with Gasteiger partial charge in [0.05, 0.1) is 0 Å². The van der Waals surface area contributed by atoms with Gasteiger partial charge in [0.25, 0.3) is 0 Å². The Morgan fingerprint density at radius 1 is 1.16 bits per heavy atom. The molecule has 0 bridgehead atoms. The summed E-state index contributed by atoms with van der Waals surface area (Å²) in [6.07, 6.45) is 0. The van der Waals surface area contributed by atoms with Gasteiger partial charge in [-0.25, -0.2) is 0 Å². The summed E-state index contributed by atoms with van der Waals surface area (Å²) < 4.78 is 8.65. The Balaban J connectivity index is 2.86. The molecule has 1 aromatic carbocycles. The molecule has 1 aromatic rings. The minimum atomic E-state index is -2.77. The summed E-state index contributed by atoms with van der Waals surface area (Å²) in [7, 11) is 0. The van der Waals surface area contributed by atoms with Crippen LogP contribution in [-0.4, -0.2) is 29.7 Å². The average molecular weight is 372 g/mol. The molecule has 19 heavy (non-hydrogen) atoms.